The smallest absolute Gasteiger partial charge is 0.171 e. The molecule has 17 heavy (non-hydrogen) atoms. The van der Waals surface area contributed by atoms with Crippen LogP contribution in [-0.4, -0.2) is 12.4 Å². The largest absolute Gasteiger partial charge is 0.389 e. The zero-order chi connectivity index (χ0) is 13.1. The van der Waals surface area contributed by atoms with Crippen LogP contribution in [0.25, 0.3) is 0 Å². The molecule has 0 heterocycles. The topological polar surface area (TPSA) is 0 Å². The van der Waals surface area contributed by atoms with Crippen LogP contribution in [0.4, 0.5) is 26.3 Å². The summed E-state index contributed by atoms with van der Waals surface area (Å²) in [4.78, 5) is 0. The predicted molar refractivity (Wildman–Crippen MR) is 51.4 cm³/mol. The zero-order valence-corrected chi connectivity index (χ0v) is 8.96. The molecular weight excluding hydrogens is 246 g/mol. The lowest BCUT2D eigenvalue weighted by Gasteiger charge is -2.09. The van der Waals surface area contributed by atoms with E-state index in [1.807, 2.05) is 0 Å². The van der Waals surface area contributed by atoms with Gasteiger partial charge in [0.15, 0.2) is 0 Å². The van der Waals surface area contributed by atoms with Gasteiger partial charge in [0.1, 0.15) is 0 Å². The molecule has 0 N–H and O–H groups in total. The summed E-state index contributed by atoms with van der Waals surface area (Å²) in [5.41, 5.74) is 1.11. The minimum absolute atomic E-state index is 0.129. The Kier molecular flexibility index (Phi) is 4.27. The number of allylic oxidation sites excluding steroid dienone is 4. The Bertz CT molecular complexity index is 286. The van der Waals surface area contributed by atoms with Crippen LogP contribution < -0.4 is 0 Å². The van der Waals surface area contributed by atoms with Gasteiger partial charge in [0.2, 0.25) is 0 Å². The third-order valence-corrected chi connectivity index (χ3v) is 2.47. The second-order valence-corrected chi connectivity index (χ2v) is 4.06. The van der Waals surface area contributed by atoms with Crippen molar-refractivity contribution < 1.29 is 26.3 Å². The maximum absolute atomic E-state index is 11.9. The van der Waals surface area contributed by atoms with Crippen molar-refractivity contribution in [1.29, 1.82) is 0 Å². The average molecular weight is 258 g/mol. The van der Waals surface area contributed by atoms with Gasteiger partial charge in [0, 0.05) is 12.8 Å². The maximum atomic E-state index is 11.9. The first kappa shape index (κ1) is 14.1. The summed E-state index contributed by atoms with van der Waals surface area (Å²) < 4.78 is 71.5. The van der Waals surface area contributed by atoms with E-state index in [-0.39, 0.29) is 19.3 Å². The molecule has 0 aromatic carbocycles. The SMILES string of the molecule is FC(F)(F)CCC1=CC=C(CCC(F)(F)F)C1. The molecule has 98 valence electrons. The summed E-state index contributed by atoms with van der Waals surface area (Å²) in [6.45, 7) is 0. The summed E-state index contributed by atoms with van der Waals surface area (Å²) in [7, 11) is 0. The molecule has 0 spiro atoms. The normalized spacial score (nSPS) is 17.1. The fourth-order valence-corrected chi connectivity index (χ4v) is 1.59. The lowest BCUT2D eigenvalue weighted by Crippen LogP contribution is -2.08. The molecular formula is C11H12F6. The average Bonchev–Trinajstić information content (AvgIpc) is 2.57. The highest BCUT2D eigenvalue weighted by Gasteiger charge is 2.29. The second kappa shape index (κ2) is 5.14. The molecule has 0 radical (unpaired) electrons. The van der Waals surface area contributed by atoms with Crippen LogP contribution in [0.5, 0.6) is 0 Å². The Morgan fingerprint density at radius 3 is 1.41 bits per heavy atom. The quantitative estimate of drug-likeness (QED) is 0.627. The van der Waals surface area contributed by atoms with E-state index in [0.29, 0.717) is 11.1 Å². The summed E-state index contributed by atoms with van der Waals surface area (Å²) in [6, 6.07) is 0. The molecule has 0 saturated heterocycles. The van der Waals surface area contributed by atoms with Crippen LogP contribution in [-0.2, 0) is 0 Å². The van der Waals surface area contributed by atoms with Crippen LogP contribution >= 0.6 is 0 Å². The second-order valence-electron chi connectivity index (χ2n) is 4.06. The molecule has 0 saturated carbocycles. The van der Waals surface area contributed by atoms with E-state index in [1.54, 1.807) is 0 Å². The lowest BCUT2D eigenvalue weighted by atomic mass is 10.0. The fourth-order valence-electron chi connectivity index (χ4n) is 1.59. The molecule has 0 aromatic rings. The monoisotopic (exact) mass is 258 g/mol. The Labute approximate surface area is 95.0 Å². The number of hydrogen-bond acceptors (Lipinski definition) is 0. The van der Waals surface area contributed by atoms with Crippen LogP contribution in [0.15, 0.2) is 23.3 Å². The van der Waals surface area contributed by atoms with Crippen molar-refractivity contribution in [3.63, 3.8) is 0 Å². The van der Waals surface area contributed by atoms with Crippen LogP contribution in [0.3, 0.4) is 0 Å². The molecule has 0 fully saturated rings. The zero-order valence-electron chi connectivity index (χ0n) is 8.96. The van der Waals surface area contributed by atoms with Crippen molar-refractivity contribution in [3.05, 3.63) is 23.3 Å². The third kappa shape index (κ3) is 6.38. The first-order valence-corrected chi connectivity index (χ1v) is 5.17. The van der Waals surface area contributed by atoms with E-state index < -0.39 is 25.2 Å². The fraction of sp³-hybridized carbons (Fsp3) is 0.636. The first-order valence-electron chi connectivity index (χ1n) is 5.17. The van der Waals surface area contributed by atoms with Gasteiger partial charge in [0.05, 0.1) is 0 Å². The predicted octanol–water partition coefficient (Wildman–Crippen LogP) is 4.93. The van der Waals surface area contributed by atoms with E-state index in [0.717, 1.165) is 0 Å². The summed E-state index contributed by atoms with van der Waals surface area (Å²) in [6.07, 6.45) is -7.28. The number of rotatable bonds is 4. The van der Waals surface area contributed by atoms with Gasteiger partial charge in [-0.1, -0.05) is 23.3 Å². The van der Waals surface area contributed by atoms with Gasteiger partial charge >= 0.3 is 12.4 Å². The van der Waals surface area contributed by atoms with Crippen LogP contribution in [0.1, 0.15) is 32.1 Å². The highest BCUT2D eigenvalue weighted by atomic mass is 19.4. The summed E-state index contributed by atoms with van der Waals surface area (Å²) >= 11 is 0. The highest BCUT2D eigenvalue weighted by Crippen LogP contribution is 2.32. The van der Waals surface area contributed by atoms with Gasteiger partial charge in [0.25, 0.3) is 0 Å². The summed E-state index contributed by atoms with van der Waals surface area (Å²) in [5.74, 6) is 0. The molecule has 6 heteroatoms. The van der Waals surface area contributed by atoms with Gasteiger partial charge < -0.3 is 0 Å². The first-order chi connectivity index (χ1) is 7.66. The van der Waals surface area contributed by atoms with E-state index in [2.05, 4.69) is 0 Å². The molecule has 0 atom stereocenters. The van der Waals surface area contributed by atoms with Gasteiger partial charge in [-0.25, -0.2) is 0 Å². The van der Waals surface area contributed by atoms with Gasteiger partial charge in [-0.2, -0.15) is 26.3 Å². The van der Waals surface area contributed by atoms with Gasteiger partial charge in [-0.3, -0.25) is 0 Å². The molecule has 0 aromatic heterocycles. The van der Waals surface area contributed by atoms with Gasteiger partial charge in [-0.15, -0.1) is 0 Å². The van der Waals surface area contributed by atoms with Crippen molar-refractivity contribution in [2.75, 3.05) is 0 Å². The number of halogens is 6. The minimum Gasteiger partial charge on any atom is -0.171 e. The minimum atomic E-state index is -4.21. The molecule has 0 bridgehead atoms. The van der Waals surface area contributed by atoms with E-state index >= 15 is 0 Å². The van der Waals surface area contributed by atoms with E-state index in [9.17, 15) is 26.3 Å². The Morgan fingerprint density at radius 2 is 1.12 bits per heavy atom. The van der Waals surface area contributed by atoms with E-state index in [4.69, 9.17) is 0 Å². The molecule has 1 aliphatic carbocycles. The summed E-state index contributed by atoms with van der Waals surface area (Å²) in [5, 5.41) is 0. The number of hydrogen-bond donors (Lipinski definition) is 0. The maximum Gasteiger partial charge on any atom is 0.389 e. The van der Waals surface area contributed by atoms with Crippen molar-refractivity contribution >= 4 is 0 Å². The number of alkyl halides is 6. The Balaban J connectivity index is 2.26. The third-order valence-electron chi connectivity index (χ3n) is 2.47. The molecule has 0 nitrogen and oxygen atoms in total. The van der Waals surface area contributed by atoms with Gasteiger partial charge in [-0.05, 0) is 19.3 Å². The van der Waals surface area contributed by atoms with Crippen molar-refractivity contribution in [2.45, 2.75) is 44.5 Å². The molecule has 0 amide bonds. The standard InChI is InChI=1S/C11H12F6/c12-10(13,14)5-3-8-1-2-9(7-8)4-6-11(15,16)17/h1-2H,3-7H2. The Hall–Kier alpha value is -0.940. The van der Waals surface area contributed by atoms with Crippen LogP contribution in [0, 0.1) is 0 Å². The van der Waals surface area contributed by atoms with E-state index in [1.165, 1.54) is 12.2 Å². The van der Waals surface area contributed by atoms with Crippen molar-refractivity contribution in [2.24, 2.45) is 0 Å². The molecule has 0 aliphatic heterocycles. The molecule has 0 unspecified atom stereocenters. The lowest BCUT2D eigenvalue weighted by molar-refractivity contribution is -0.134. The van der Waals surface area contributed by atoms with Crippen molar-refractivity contribution in [3.8, 4) is 0 Å². The Morgan fingerprint density at radius 1 is 0.765 bits per heavy atom. The highest BCUT2D eigenvalue weighted by molar-refractivity contribution is 5.30. The molecule has 1 rings (SSSR count). The van der Waals surface area contributed by atoms with Crippen molar-refractivity contribution in [1.82, 2.24) is 0 Å². The van der Waals surface area contributed by atoms with Crippen LogP contribution in [0.2, 0.25) is 0 Å². The molecule has 1 aliphatic rings.